The van der Waals surface area contributed by atoms with Gasteiger partial charge in [0.2, 0.25) is 0 Å². The van der Waals surface area contributed by atoms with Crippen LogP contribution in [0.5, 0.6) is 0 Å². The summed E-state index contributed by atoms with van der Waals surface area (Å²) in [6.07, 6.45) is 2.73. The first-order chi connectivity index (χ1) is 9.38. The molecule has 1 aliphatic rings. The van der Waals surface area contributed by atoms with Gasteiger partial charge in [0.25, 0.3) is 10.0 Å². The number of nitrogens with zero attached hydrogens (tertiary/aromatic N) is 1. The molecule has 0 radical (unpaired) electrons. The first-order valence-electron chi connectivity index (χ1n) is 6.25. The summed E-state index contributed by atoms with van der Waals surface area (Å²) in [6.45, 7) is 0.252. The van der Waals surface area contributed by atoms with Crippen LogP contribution >= 0.6 is 0 Å². The fraction of sp³-hybridized carbons (Fsp3) is 0.500. The fourth-order valence-electron chi connectivity index (χ4n) is 2.20. The van der Waals surface area contributed by atoms with E-state index in [1.165, 1.54) is 6.07 Å². The molecule has 1 aromatic rings. The lowest BCUT2D eigenvalue weighted by molar-refractivity contribution is 0.0696. The molecule has 7 nitrogen and oxygen atoms in total. The number of aliphatic hydroxyl groups is 1. The average Bonchev–Trinajstić information content (AvgIpc) is 2.82. The van der Waals surface area contributed by atoms with Crippen molar-refractivity contribution in [1.82, 2.24) is 9.71 Å². The van der Waals surface area contributed by atoms with Gasteiger partial charge in [-0.15, -0.1) is 0 Å². The van der Waals surface area contributed by atoms with Crippen LogP contribution in [0, 0.1) is 5.92 Å². The summed E-state index contributed by atoms with van der Waals surface area (Å²) in [7, 11) is -3.74. The summed E-state index contributed by atoms with van der Waals surface area (Å²) >= 11 is 0. The summed E-state index contributed by atoms with van der Waals surface area (Å²) in [4.78, 5) is 14.3. The largest absolute Gasteiger partial charge is 0.478 e. The van der Waals surface area contributed by atoms with Gasteiger partial charge >= 0.3 is 5.97 Å². The van der Waals surface area contributed by atoms with E-state index in [1.54, 1.807) is 0 Å². The topological polar surface area (TPSA) is 117 Å². The third-order valence-electron chi connectivity index (χ3n) is 3.33. The van der Waals surface area contributed by atoms with Gasteiger partial charge in [0.15, 0.2) is 5.03 Å². The highest BCUT2D eigenvalue weighted by Crippen LogP contribution is 2.24. The number of aromatic carboxylic acids is 1. The Morgan fingerprint density at radius 1 is 1.40 bits per heavy atom. The van der Waals surface area contributed by atoms with E-state index in [9.17, 15) is 18.3 Å². The highest BCUT2D eigenvalue weighted by atomic mass is 32.2. The normalized spacial score (nSPS) is 22.9. The third-order valence-corrected chi connectivity index (χ3v) is 4.67. The summed E-state index contributed by atoms with van der Waals surface area (Å²) in [5.41, 5.74) is -0.0668. The fourth-order valence-corrected chi connectivity index (χ4v) is 3.24. The number of carbonyl (C=O) groups is 1. The molecule has 2 unspecified atom stereocenters. The molecule has 1 heterocycles. The molecule has 1 saturated carbocycles. The van der Waals surface area contributed by atoms with Crippen molar-refractivity contribution in [2.45, 2.75) is 30.4 Å². The van der Waals surface area contributed by atoms with Crippen molar-refractivity contribution >= 4 is 16.0 Å². The maximum absolute atomic E-state index is 12.0. The van der Waals surface area contributed by atoms with Gasteiger partial charge in [-0.25, -0.2) is 22.9 Å². The second-order valence-electron chi connectivity index (χ2n) is 4.88. The number of pyridine rings is 1. The van der Waals surface area contributed by atoms with E-state index in [0.29, 0.717) is 12.8 Å². The Morgan fingerprint density at radius 2 is 2.15 bits per heavy atom. The number of aromatic nitrogens is 1. The van der Waals surface area contributed by atoms with E-state index in [1.807, 2.05) is 0 Å². The van der Waals surface area contributed by atoms with Gasteiger partial charge in [-0.1, -0.05) is 0 Å². The molecule has 1 aliphatic carbocycles. The molecule has 2 atom stereocenters. The van der Waals surface area contributed by atoms with E-state index < -0.39 is 16.0 Å². The second-order valence-corrected chi connectivity index (χ2v) is 6.59. The molecular formula is C12H16N2O5S. The number of rotatable bonds is 5. The third kappa shape index (κ3) is 3.53. The van der Waals surface area contributed by atoms with Gasteiger partial charge in [0, 0.05) is 12.7 Å². The lowest BCUT2D eigenvalue weighted by atomic mass is 10.1. The van der Waals surface area contributed by atoms with Crippen LogP contribution in [0.1, 0.15) is 29.6 Å². The Kier molecular flexibility index (Phi) is 4.36. The average molecular weight is 300 g/mol. The molecule has 0 bridgehead atoms. The Hall–Kier alpha value is -1.51. The van der Waals surface area contributed by atoms with E-state index in [0.717, 1.165) is 18.7 Å². The molecule has 0 saturated heterocycles. The van der Waals surface area contributed by atoms with Crippen molar-refractivity contribution in [3.05, 3.63) is 23.9 Å². The van der Waals surface area contributed by atoms with Crippen LogP contribution in [0.4, 0.5) is 0 Å². The number of sulfonamides is 1. The molecule has 1 fully saturated rings. The zero-order valence-corrected chi connectivity index (χ0v) is 11.5. The quantitative estimate of drug-likeness (QED) is 0.716. The van der Waals surface area contributed by atoms with Crippen molar-refractivity contribution in [2.75, 3.05) is 6.54 Å². The molecule has 8 heteroatoms. The van der Waals surface area contributed by atoms with Crippen LogP contribution < -0.4 is 4.72 Å². The van der Waals surface area contributed by atoms with Crippen LogP contribution in [0.2, 0.25) is 0 Å². The van der Waals surface area contributed by atoms with Gasteiger partial charge < -0.3 is 10.2 Å². The van der Waals surface area contributed by atoms with Crippen molar-refractivity contribution in [1.29, 1.82) is 0 Å². The Labute approximate surface area is 116 Å². The predicted octanol–water partition coefficient (Wildman–Crippen LogP) is 0.219. The first-order valence-corrected chi connectivity index (χ1v) is 7.74. The molecule has 0 aliphatic heterocycles. The molecular weight excluding hydrogens is 284 g/mol. The zero-order valence-electron chi connectivity index (χ0n) is 10.7. The number of carboxylic acids is 1. The SMILES string of the molecule is O=C(O)c1ccc(S(=O)(=O)NCC2CCC(O)C2)nc1. The minimum Gasteiger partial charge on any atom is -0.478 e. The Bertz CT molecular complexity index is 584. The van der Waals surface area contributed by atoms with Crippen LogP contribution in [0.25, 0.3) is 0 Å². The number of carboxylic acid groups (broad SMARTS) is 1. The maximum atomic E-state index is 12.0. The molecule has 1 aromatic heterocycles. The number of hydrogen-bond acceptors (Lipinski definition) is 5. The van der Waals surface area contributed by atoms with E-state index in [-0.39, 0.29) is 29.2 Å². The van der Waals surface area contributed by atoms with E-state index >= 15 is 0 Å². The minimum atomic E-state index is -3.74. The summed E-state index contributed by atoms with van der Waals surface area (Å²) in [6, 6.07) is 2.36. The first kappa shape index (κ1) is 14.9. The van der Waals surface area contributed by atoms with Gasteiger partial charge in [-0.3, -0.25) is 0 Å². The summed E-state index contributed by atoms with van der Waals surface area (Å²) < 4.78 is 26.4. The highest BCUT2D eigenvalue weighted by molar-refractivity contribution is 7.89. The van der Waals surface area contributed by atoms with Crippen LogP contribution in [0.3, 0.4) is 0 Å². The summed E-state index contributed by atoms with van der Waals surface area (Å²) in [5, 5.41) is 17.9. The van der Waals surface area contributed by atoms with Crippen molar-refractivity contribution < 1.29 is 23.4 Å². The van der Waals surface area contributed by atoms with Gasteiger partial charge in [-0.05, 0) is 37.3 Å². The van der Waals surface area contributed by atoms with E-state index in [4.69, 9.17) is 5.11 Å². The zero-order chi connectivity index (χ0) is 14.8. The Morgan fingerprint density at radius 3 is 2.65 bits per heavy atom. The molecule has 0 amide bonds. The van der Waals surface area contributed by atoms with Gasteiger partial charge in [0.05, 0.1) is 11.7 Å². The minimum absolute atomic E-state index is 0.0668. The number of aliphatic hydroxyl groups excluding tert-OH is 1. The van der Waals surface area contributed by atoms with Crippen molar-refractivity contribution in [2.24, 2.45) is 5.92 Å². The number of nitrogens with one attached hydrogen (secondary N) is 1. The Balaban J connectivity index is 2.00. The standard InChI is InChI=1S/C12H16N2O5S/c15-10-3-1-8(5-10)6-14-20(18,19)11-4-2-9(7-13-11)12(16)17/h2,4,7-8,10,14-15H,1,3,5-6H2,(H,16,17). The van der Waals surface area contributed by atoms with Crippen molar-refractivity contribution in [3.8, 4) is 0 Å². The molecule has 2 rings (SSSR count). The van der Waals surface area contributed by atoms with Gasteiger partial charge in [0.1, 0.15) is 0 Å². The molecule has 0 aromatic carbocycles. The predicted molar refractivity (Wildman–Crippen MR) is 69.7 cm³/mol. The lowest BCUT2D eigenvalue weighted by Gasteiger charge is -2.11. The smallest absolute Gasteiger partial charge is 0.337 e. The molecule has 3 N–H and O–H groups in total. The van der Waals surface area contributed by atoms with Crippen LogP contribution in [-0.4, -0.2) is 42.2 Å². The number of hydrogen-bond donors (Lipinski definition) is 3. The molecule has 110 valence electrons. The van der Waals surface area contributed by atoms with E-state index in [2.05, 4.69) is 9.71 Å². The lowest BCUT2D eigenvalue weighted by Crippen LogP contribution is -2.29. The van der Waals surface area contributed by atoms with Crippen molar-refractivity contribution in [3.63, 3.8) is 0 Å². The van der Waals surface area contributed by atoms with Crippen LogP contribution in [0.15, 0.2) is 23.4 Å². The van der Waals surface area contributed by atoms with Gasteiger partial charge in [-0.2, -0.15) is 0 Å². The second kappa shape index (κ2) is 5.86. The molecule has 20 heavy (non-hydrogen) atoms. The maximum Gasteiger partial charge on any atom is 0.337 e. The highest BCUT2D eigenvalue weighted by Gasteiger charge is 2.25. The monoisotopic (exact) mass is 300 g/mol. The van der Waals surface area contributed by atoms with Crippen LogP contribution in [-0.2, 0) is 10.0 Å². The molecule has 0 spiro atoms. The summed E-state index contributed by atoms with van der Waals surface area (Å²) in [5.74, 6) is -1.03.